The molecule has 18 heavy (non-hydrogen) atoms. The van der Waals surface area contributed by atoms with Gasteiger partial charge in [-0.25, -0.2) is 4.79 Å². The first-order valence-corrected chi connectivity index (χ1v) is 5.47. The number of rotatable bonds is 2. The molecule has 0 amide bonds. The van der Waals surface area contributed by atoms with Crippen molar-refractivity contribution < 1.29 is 9.90 Å². The molecule has 1 N–H and O–H groups in total. The highest BCUT2D eigenvalue weighted by molar-refractivity contribution is 5.89. The number of nitriles is 1. The van der Waals surface area contributed by atoms with Crippen molar-refractivity contribution in [2.75, 3.05) is 0 Å². The van der Waals surface area contributed by atoms with Gasteiger partial charge in [0.15, 0.2) is 0 Å². The molecule has 0 fully saturated rings. The molecule has 2 aromatic carbocycles. The average molecular weight is 237 g/mol. The Balaban J connectivity index is 2.59. The Labute approximate surface area is 105 Å². The SMILES string of the molecule is Cc1cc(C(=O)O)ccc1-c1ccccc1C#N. The summed E-state index contributed by atoms with van der Waals surface area (Å²) in [4.78, 5) is 10.9. The highest BCUT2D eigenvalue weighted by Gasteiger charge is 2.09. The van der Waals surface area contributed by atoms with E-state index in [9.17, 15) is 4.79 Å². The fourth-order valence-electron chi connectivity index (χ4n) is 1.91. The van der Waals surface area contributed by atoms with Crippen molar-refractivity contribution in [2.45, 2.75) is 6.92 Å². The molecule has 0 saturated heterocycles. The Hall–Kier alpha value is -2.60. The van der Waals surface area contributed by atoms with E-state index in [0.717, 1.165) is 16.7 Å². The lowest BCUT2D eigenvalue weighted by molar-refractivity contribution is 0.0697. The molecule has 3 nitrogen and oxygen atoms in total. The molecule has 0 aliphatic carbocycles. The Morgan fingerprint density at radius 3 is 2.50 bits per heavy atom. The van der Waals surface area contributed by atoms with Crippen LogP contribution < -0.4 is 0 Å². The minimum absolute atomic E-state index is 0.255. The number of carboxylic acid groups (broad SMARTS) is 1. The number of carboxylic acids is 1. The van der Waals surface area contributed by atoms with Gasteiger partial charge in [0.05, 0.1) is 17.2 Å². The molecule has 0 unspecified atom stereocenters. The van der Waals surface area contributed by atoms with E-state index >= 15 is 0 Å². The van der Waals surface area contributed by atoms with Crippen LogP contribution in [-0.4, -0.2) is 11.1 Å². The summed E-state index contributed by atoms with van der Waals surface area (Å²) in [5.41, 5.74) is 3.40. The van der Waals surface area contributed by atoms with E-state index in [0.29, 0.717) is 5.56 Å². The second kappa shape index (κ2) is 4.72. The lowest BCUT2D eigenvalue weighted by atomic mass is 9.95. The van der Waals surface area contributed by atoms with Crippen LogP contribution in [-0.2, 0) is 0 Å². The number of carbonyl (C=O) groups is 1. The Morgan fingerprint density at radius 1 is 1.17 bits per heavy atom. The fraction of sp³-hybridized carbons (Fsp3) is 0.0667. The van der Waals surface area contributed by atoms with Crippen LogP contribution in [0.25, 0.3) is 11.1 Å². The van der Waals surface area contributed by atoms with Crippen molar-refractivity contribution in [3.63, 3.8) is 0 Å². The topological polar surface area (TPSA) is 61.1 Å². The first kappa shape index (κ1) is 11.9. The number of aromatic carboxylic acids is 1. The van der Waals surface area contributed by atoms with E-state index in [1.54, 1.807) is 24.3 Å². The largest absolute Gasteiger partial charge is 0.478 e. The predicted molar refractivity (Wildman–Crippen MR) is 68.3 cm³/mol. The highest BCUT2D eigenvalue weighted by atomic mass is 16.4. The monoisotopic (exact) mass is 237 g/mol. The maximum Gasteiger partial charge on any atom is 0.335 e. The molecule has 0 spiro atoms. The summed E-state index contributed by atoms with van der Waals surface area (Å²) in [6, 6.07) is 14.3. The summed E-state index contributed by atoms with van der Waals surface area (Å²) in [5, 5.41) is 18.0. The standard InChI is InChI=1S/C15H11NO2/c1-10-8-11(15(17)18)6-7-13(10)14-5-3-2-4-12(14)9-16/h2-8H,1H3,(H,17,18). The normalized spacial score (nSPS) is 9.78. The van der Waals surface area contributed by atoms with E-state index in [1.807, 2.05) is 25.1 Å². The summed E-state index contributed by atoms with van der Waals surface area (Å²) >= 11 is 0. The van der Waals surface area contributed by atoms with Gasteiger partial charge in [0, 0.05) is 0 Å². The fourth-order valence-corrected chi connectivity index (χ4v) is 1.91. The van der Waals surface area contributed by atoms with Crippen molar-refractivity contribution in [3.8, 4) is 17.2 Å². The second-order valence-corrected chi connectivity index (χ2v) is 3.99. The molecular weight excluding hydrogens is 226 g/mol. The van der Waals surface area contributed by atoms with Gasteiger partial charge in [0.25, 0.3) is 0 Å². The van der Waals surface area contributed by atoms with Crippen LogP contribution in [0.2, 0.25) is 0 Å². The second-order valence-electron chi connectivity index (χ2n) is 3.99. The summed E-state index contributed by atoms with van der Waals surface area (Å²) < 4.78 is 0. The molecule has 2 rings (SSSR count). The van der Waals surface area contributed by atoms with Crippen molar-refractivity contribution in [1.29, 1.82) is 5.26 Å². The van der Waals surface area contributed by atoms with E-state index in [2.05, 4.69) is 6.07 Å². The summed E-state index contributed by atoms with van der Waals surface area (Å²) in [6.45, 7) is 1.84. The van der Waals surface area contributed by atoms with Crippen molar-refractivity contribution in [2.24, 2.45) is 0 Å². The first-order chi connectivity index (χ1) is 8.63. The van der Waals surface area contributed by atoms with Gasteiger partial charge in [-0.2, -0.15) is 5.26 Å². The van der Waals surface area contributed by atoms with Crippen LogP contribution in [0, 0.1) is 18.3 Å². The third kappa shape index (κ3) is 2.09. The zero-order valence-corrected chi connectivity index (χ0v) is 9.84. The Bertz CT molecular complexity index is 654. The quantitative estimate of drug-likeness (QED) is 0.872. The van der Waals surface area contributed by atoms with E-state index in [-0.39, 0.29) is 5.56 Å². The van der Waals surface area contributed by atoms with Gasteiger partial charge in [-0.15, -0.1) is 0 Å². The van der Waals surface area contributed by atoms with Crippen LogP contribution in [0.3, 0.4) is 0 Å². The van der Waals surface area contributed by atoms with Crippen molar-refractivity contribution in [1.82, 2.24) is 0 Å². The molecule has 2 aromatic rings. The number of hydrogen-bond acceptors (Lipinski definition) is 2. The zero-order chi connectivity index (χ0) is 13.1. The van der Waals surface area contributed by atoms with Gasteiger partial charge in [-0.05, 0) is 41.8 Å². The molecule has 88 valence electrons. The lowest BCUT2D eigenvalue weighted by Crippen LogP contribution is -1.97. The van der Waals surface area contributed by atoms with Gasteiger partial charge in [0.2, 0.25) is 0 Å². The maximum atomic E-state index is 10.9. The lowest BCUT2D eigenvalue weighted by Gasteiger charge is -2.08. The van der Waals surface area contributed by atoms with Crippen molar-refractivity contribution >= 4 is 5.97 Å². The van der Waals surface area contributed by atoms with Crippen molar-refractivity contribution in [3.05, 3.63) is 59.2 Å². The van der Waals surface area contributed by atoms with Gasteiger partial charge in [0.1, 0.15) is 0 Å². The highest BCUT2D eigenvalue weighted by Crippen LogP contribution is 2.27. The van der Waals surface area contributed by atoms with Gasteiger partial charge >= 0.3 is 5.97 Å². The van der Waals surface area contributed by atoms with Crippen LogP contribution in [0.15, 0.2) is 42.5 Å². The molecule has 3 heteroatoms. The van der Waals surface area contributed by atoms with Crippen LogP contribution in [0.4, 0.5) is 0 Å². The molecule has 0 atom stereocenters. The average Bonchev–Trinajstić information content (AvgIpc) is 2.38. The first-order valence-electron chi connectivity index (χ1n) is 5.47. The molecule has 0 aliphatic rings. The van der Waals surface area contributed by atoms with E-state index in [1.165, 1.54) is 0 Å². The van der Waals surface area contributed by atoms with Gasteiger partial charge in [-0.3, -0.25) is 0 Å². The summed E-state index contributed by atoms with van der Waals surface area (Å²) in [5.74, 6) is -0.946. The van der Waals surface area contributed by atoms with E-state index in [4.69, 9.17) is 10.4 Å². The number of benzene rings is 2. The van der Waals surface area contributed by atoms with Crippen LogP contribution >= 0.6 is 0 Å². The number of nitrogens with zero attached hydrogens (tertiary/aromatic N) is 1. The molecule has 0 aliphatic heterocycles. The summed E-state index contributed by atoms with van der Waals surface area (Å²) in [7, 11) is 0. The van der Waals surface area contributed by atoms with Gasteiger partial charge in [-0.1, -0.05) is 24.3 Å². The molecule has 0 bridgehead atoms. The predicted octanol–water partition coefficient (Wildman–Crippen LogP) is 3.23. The molecule has 0 heterocycles. The molecule has 0 saturated carbocycles. The van der Waals surface area contributed by atoms with Crippen LogP contribution in [0.1, 0.15) is 21.5 Å². The number of aryl methyl sites for hydroxylation is 1. The molecule has 0 radical (unpaired) electrons. The summed E-state index contributed by atoms with van der Waals surface area (Å²) in [6.07, 6.45) is 0. The Morgan fingerprint density at radius 2 is 1.89 bits per heavy atom. The zero-order valence-electron chi connectivity index (χ0n) is 9.84. The third-order valence-corrected chi connectivity index (χ3v) is 2.81. The van der Waals surface area contributed by atoms with E-state index < -0.39 is 5.97 Å². The smallest absolute Gasteiger partial charge is 0.335 e. The minimum Gasteiger partial charge on any atom is -0.478 e. The molecule has 0 aromatic heterocycles. The minimum atomic E-state index is -0.946. The maximum absolute atomic E-state index is 10.9. The van der Waals surface area contributed by atoms with Gasteiger partial charge < -0.3 is 5.11 Å². The number of hydrogen-bond donors (Lipinski definition) is 1. The Kier molecular flexibility index (Phi) is 3.11. The molecular formula is C15H11NO2. The van der Waals surface area contributed by atoms with Crippen LogP contribution in [0.5, 0.6) is 0 Å². The third-order valence-electron chi connectivity index (χ3n) is 2.81.